The fourth-order valence-electron chi connectivity index (χ4n) is 1.03. The zero-order chi connectivity index (χ0) is 10.6. The van der Waals surface area contributed by atoms with E-state index in [9.17, 15) is 0 Å². The topological polar surface area (TPSA) is 71.4 Å². The lowest BCUT2D eigenvalue weighted by Crippen LogP contribution is -1.91. The van der Waals surface area contributed by atoms with E-state index in [4.69, 9.17) is 15.8 Å². The van der Waals surface area contributed by atoms with Crippen molar-refractivity contribution in [3.8, 4) is 16.2 Å². The van der Waals surface area contributed by atoms with E-state index in [1.165, 1.54) is 0 Å². The summed E-state index contributed by atoms with van der Waals surface area (Å²) < 4.78 is 0. The average molecular weight is 201 g/mol. The molecule has 0 saturated heterocycles. The van der Waals surface area contributed by atoms with E-state index < -0.39 is 10.0 Å². The van der Waals surface area contributed by atoms with E-state index in [1.54, 1.807) is 18.2 Å². The first kappa shape index (κ1) is 10.1. The molecular weight excluding hydrogens is 194 g/mol. The highest BCUT2D eigenvalue weighted by Gasteiger charge is 2.25. The number of nitriles is 3. The Morgan fingerprint density at radius 1 is 1.07 bits per heavy atom. The number of hydrogen-bond acceptors (Lipinski definition) is 3. The molecule has 0 aliphatic rings. The Kier molecular flexibility index (Phi) is 2.77. The van der Waals surface area contributed by atoms with E-state index in [0.29, 0.717) is 4.90 Å². The largest absolute Gasteiger partial charge is 0.184 e. The summed E-state index contributed by atoms with van der Waals surface area (Å²) in [6.45, 7) is 1.86. The van der Waals surface area contributed by atoms with Crippen molar-refractivity contribution in [1.82, 2.24) is 0 Å². The maximum Gasteiger partial charge on any atom is 0.145 e. The highest BCUT2D eigenvalue weighted by atomic mass is 32.3. The summed E-state index contributed by atoms with van der Waals surface area (Å²) in [6, 6.07) is 6.97. The minimum absolute atomic E-state index is 0.519. The molecule has 0 aliphatic heterocycles. The Balaban J connectivity index is 3.38. The van der Waals surface area contributed by atoms with Crippen molar-refractivity contribution in [1.29, 1.82) is 15.8 Å². The molecule has 0 fully saturated rings. The van der Waals surface area contributed by atoms with Crippen molar-refractivity contribution in [3.05, 3.63) is 29.8 Å². The van der Waals surface area contributed by atoms with Gasteiger partial charge in [-0.3, -0.25) is 0 Å². The van der Waals surface area contributed by atoms with E-state index in [2.05, 4.69) is 0 Å². The minimum Gasteiger partial charge on any atom is -0.184 e. The molecular formula is C10H7N3S. The molecule has 14 heavy (non-hydrogen) atoms. The first-order valence-corrected chi connectivity index (χ1v) is 5.44. The molecule has 1 rings (SSSR count). The predicted molar refractivity (Wildman–Crippen MR) is 53.9 cm³/mol. The van der Waals surface area contributed by atoms with Crippen molar-refractivity contribution in [2.24, 2.45) is 0 Å². The van der Waals surface area contributed by atoms with Crippen molar-refractivity contribution < 1.29 is 0 Å². The molecule has 0 atom stereocenters. The second-order valence-corrected chi connectivity index (χ2v) is 4.95. The lowest BCUT2D eigenvalue weighted by atomic mass is 10.2. The van der Waals surface area contributed by atoms with Crippen molar-refractivity contribution >= 4 is 10.0 Å². The van der Waals surface area contributed by atoms with Crippen LogP contribution in [0.3, 0.4) is 0 Å². The van der Waals surface area contributed by atoms with Gasteiger partial charge in [-0.15, -0.1) is 0 Å². The Hall–Kier alpha value is -1.96. The van der Waals surface area contributed by atoms with Gasteiger partial charge in [0.2, 0.25) is 0 Å². The van der Waals surface area contributed by atoms with Crippen LogP contribution in [0.4, 0.5) is 0 Å². The Morgan fingerprint density at radius 2 is 1.64 bits per heavy atom. The molecule has 0 aliphatic carbocycles. The molecule has 0 N–H and O–H groups in total. The SMILES string of the molecule is Cc1cccc(S(C#N)(C#N)C#N)c1. The third-order valence-corrected chi connectivity index (χ3v) is 3.54. The Bertz CT molecular complexity index is 437. The fourth-order valence-corrected chi connectivity index (χ4v) is 2.11. The smallest absolute Gasteiger partial charge is 0.145 e. The van der Waals surface area contributed by atoms with Gasteiger partial charge in [0.05, 0.1) is 10.0 Å². The van der Waals surface area contributed by atoms with Crippen LogP contribution in [0.15, 0.2) is 29.2 Å². The van der Waals surface area contributed by atoms with Gasteiger partial charge in [-0.05, 0) is 24.6 Å². The van der Waals surface area contributed by atoms with Gasteiger partial charge < -0.3 is 0 Å². The van der Waals surface area contributed by atoms with Crippen LogP contribution in [0, 0.1) is 38.9 Å². The van der Waals surface area contributed by atoms with Crippen LogP contribution in [-0.2, 0) is 0 Å². The van der Waals surface area contributed by atoms with Gasteiger partial charge in [-0.25, -0.2) is 0 Å². The summed E-state index contributed by atoms with van der Waals surface area (Å²) in [4.78, 5) is 0.519. The molecule has 0 bridgehead atoms. The third kappa shape index (κ3) is 1.55. The highest BCUT2D eigenvalue weighted by molar-refractivity contribution is 8.44. The van der Waals surface area contributed by atoms with Gasteiger partial charge in [-0.2, -0.15) is 15.8 Å². The Morgan fingerprint density at radius 3 is 2.07 bits per heavy atom. The van der Waals surface area contributed by atoms with Gasteiger partial charge in [0.25, 0.3) is 0 Å². The van der Waals surface area contributed by atoms with Gasteiger partial charge in [0.15, 0.2) is 0 Å². The van der Waals surface area contributed by atoms with Crippen LogP contribution in [0.2, 0.25) is 0 Å². The highest BCUT2D eigenvalue weighted by Crippen LogP contribution is 2.52. The summed E-state index contributed by atoms with van der Waals surface area (Å²) >= 11 is 0. The summed E-state index contributed by atoms with van der Waals surface area (Å²) in [6.07, 6.45) is 0. The number of nitrogens with zero attached hydrogens (tertiary/aromatic N) is 3. The van der Waals surface area contributed by atoms with Gasteiger partial charge >= 0.3 is 0 Å². The molecule has 0 aromatic heterocycles. The van der Waals surface area contributed by atoms with Crippen LogP contribution in [0.1, 0.15) is 5.56 Å². The molecule has 0 radical (unpaired) electrons. The Labute approximate surface area is 84.1 Å². The van der Waals surface area contributed by atoms with Gasteiger partial charge in [-0.1, -0.05) is 12.1 Å². The molecule has 1 aromatic rings. The molecule has 1 aromatic carbocycles. The first-order valence-electron chi connectivity index (χ1n) is 3.81. The second-order valence-electron chi connectivity index (χ2n) is 2.70. The van der Waals surface area contributed by atoms with Crippen LogP contribution in [0.25, 0.3) is 0 Å². The van der Waals surface area contributed by atoms with Crippen LogP contribution in [-0.4, -0.2) is 0 Å². The zero-order valence-corrected chi connectivity index (χ0v) is 8.38. The fraction of sp³-hybridized carbons (Fsp3) is 0.100. The monoisotopic (exact) mass is 201 g/mol. The standard InChI is InChI=1S/C10H7N3S/c1-9-3-2-4-10(5-9)14(6-11,7-12)8-13/h2-5H,1H3. The van der Waals surface area contributed by atoms with Crippen LogP contribution >= 0.6 is 10.0 Å². The zero-order valence-electron chi connectivity index (χ0n) is 7.56. The normalized spacial score (nSPS) is 10.7. The maximum absolute atomic E-state index is 8.86. The van der Waals surface area contributed by atoms with Crippen LogP contribution in [0.5, 0.6) is 0 Å². The maximum atomic E-state index is 8.86. The number of hydrogen-bond donors (Lipinski definition) is 0. The second kappa shape index (κ2) is 3.83. The van der Waals surface area contributed by atoms with E-state index in [-0.39, 0.29) is 0 Å². The number of rotatable bonds is 1. The molecule has 68 valence electrons. The number of thiocyanates is 3. The summed E-state index contributed by atoms with van der Waals surface area (Å²) in [7, 11) is -2.59. The van der Waals surface area contributed by atoms with Crippen molar-refractivity contribution in [2.75, 3.05) is 0 Å². The summed E-state index contributed by atoms with van der Waals surface area (Å²) in [5, 5.41) is 32.0. The molecule has 0 saturated carbocycles. The average Bonchev–Trinajstić information content (AvgIpc) is 2.22. The molecule has 0 unspecified atom stereocenters. The molecule has 4 heteroatoms. The summed E-state index contributed by atoms with van der Waals surface area (Å²) in [5.74, 6) is 0. The molecule has 0 heterocycles. The number of benzene rings is 1. The molecule has 0 amide bonds. The van der Waals surface area contributed by atoms with Crippen molar-refractivity contribution in [2.45, 2.75) is 11.8 Å². The van der Waals surface area contributed by atoms with Crippen molar-refractivity contribution in [3.63, 3.8) is 0 Å². The van der Waals surface area contributed by atoms with Gasteiger partial charge in [0.1, 0.15) is 16.2 Å². The minimum atomic E-state index is -2.59. The third-order valence-electron chi connectivity index (χ3n) is 1.75. The quantitative estimate of drug-likeness (QED) is 0.655. The number of aryl methyl sites for hydroxylation is 1. The van der Waals surface area contributed by atoms with Crippen LogP contribution < -0.4 is 0 Å². The summed E-state index contributed by atoms with van der Waals surface area (Å²) in [5.41, 5.74) is 0.945. The molecule has 0 spiro atoms. The first-order chi connectivity index (χ1) is 6.68. The molecule has 3 nitrogen and oxygen atoms in total. The lowest BCUT2D eigenvalue weighted by Gasteiger charge is -2.14. The van der Waals surface area contributed by atoms with E-state index >= 15 is 0 Å². The predicted octanol–water partition coefficient (Wildman–Crippen LogP) is 2.60. The van der Waals surface area contributed by atoms with E-state index in [0.717, 1.165) is 5.56 Å². The van der Waals surface area contributed by atoms with Gasteiger partial charge in [0, 0.05) is 4.90 Å². The van der Waals surface area contributed by atoms with E-state index in [1.807, 2.05) is 29.2 Å². The lowest BCUT2D eigenvalue weighted by molar-refractivity contribution is 1.35.